The van der Waals surface area contributed by atoms with E-state index in [2.05, 4.69) is 16.0 Å². The summed E-state index contributed by atoms with van der Waals surface area (Å²) in [5, 5.41) is 8.72. The van der Waals surface area contributed by atoms with Crippen molar-refractivity contribution in [1.82, 2.24) is 0 Å². The van der Waals surface area contributed by atoms with Gasteiger partial charge < -0.3 is 20.9 Å². The molecule has 3 aromatic carbocycles. The molecule has 0 aliphatic rings. The molecule has 0 heterocycles. The van der Waals surface area contributed by atoms with Crippen molar-refractivity contribution in [2.24, 2.45) is 0 Å². The topological polar surface area (TPSA) is 90.5 Å². The standard InChI is InChI=1S/C26H28N4O3/c1-4-24(31)29-23-16-20(14-13-18(23)2)27-17-25(32)28-21-10-8-9-19(15-21)26(33)30(3)22-11-6-5-7-12-22/h5-16,27H,4,17H2,1-3H3,(H,28,32)(H,29,31). The summed E-state index contributed by atoms with van der Waals surface area (Å²) in [6, 6.07) is 21.7. The van der Waals surface area contributed by atoms with Gasteiger partial charge in [0.25, 0.3) is 5.91 Å². The van der Waals surface area contributed by atoms with E-state index in [4.69, 9.17) is 0 Å². The summed E-state index contributed by atoms with van der Waals surface area (Å²) < 4.78 is 0. The van der Waals surface area contributed by atoms with Crippen LogP contribution in [0.1, 0.15) is 29.3 Å². The average Bonchev–Trinajstić information content (AvgIpc) is 2.84. The molecule has 0 aliphatic carbocycles. The average molecular weight is 445 g/mol. The predicted octanol–water partition coefficient (Wildman–Crippen LogP) is 4.67. The normalized spacial score (nSPS) is 10.3. The quantitative estimate of drug-likeness (QED) is 0.471. The molecular formula is C26H28N4O3. The van der Waals surface area contributed by atoms with E-state index in [0.29, 0.717) is 23.4 Å². The van der Waals surface area contributed by atoms with Crippen LogP contribution in [0.15, 0.2) is 72.8 Å². The predicted molar refractivity (Wildman–Crippen MR) is 133 cm³/mol. The molecular weight excluding hydrogens is 416 g/mol. The summed E-state index contributed by atoms with van der Waals surface area (Å²) >= 11 is 0. The lowest BCUT2D eigenvalue weighted by Crippen LogP contribution is -2.26. The van der Waals surface area contributed by atoms with Crippen LogP contribution in [0.5, 0.6) is 0 Å². The minimum absolute atomic E-state index is 0.0340. The molecule has 3 N–H and O–H groups in total. The van der Waals surface area contributed by atoms with Crippen molar-refractivity contribution in [1.29, 1.82) is 0 Å². The van der Waals surface area contributed by atoms with Crippen molar-refractivity contribution in [3.63, 3.8) is 0 Å². The van der Waals surface area contributed by atoms with E-state index in [9.17, 15) is 14.4 Å². The van der Waals surface area contributed by atoms with Crippen molar-refractivity contribution in [3.8, 4) is 0 Å². The van der Waals surface area contributed by atoms with Gasteiger partial charge in [-0.2, -0.15) is 0 Å². The van der Waals surface area contributed by atoms with Gasteiger partial charge in [0.1, 0.15) is 0 Å². The van der Waals surface area contributed by atoms with E-state index in [1.54, 1.807) is 49.2 Å². The second kappa shape index (κ2) is 10.9. The molecule has 3 amide bonds. The van der Waals surface area contributed by atoms with Crippen LogP contribution < -0.4 is 20.9 Å². The van der Waals surface area contributed by atoms with Gasteiger partial charge in [0, 0.05) is 41.8 Å². The number of carbonyl (C=O) groups excluding carboxylic acids is 3. The SMILES string of the molecule is CCC(=O)Nc1cc(NCC(=O)Nc2cccc(C(=O)N(C)c3ccccc3)c2)ccc1C. The van der Waals surface area contributed by atoms with Crippen molar-refractivity contribution < 1.29 is 14.4 Å². The number of carbonyl (C=O) groups is 3. The Bertz CT molecular complexity index is 1150. The van der Waals surface area contributed by atoms with Gasteiger partial charge in [-0.05, 0) is 55.0 Å². The van der Waals surface area contributed by atoms with Gasteiger partial charge in [-0.15, -0.1) is 0 Å². The summed E-state index contributed by atoms with van der Waals surface area (Å²) in [6.45, 7) is 3.73. The zero-order chi connectivity index (χ0) is 23.8. The fourth-order valence-corrected chi connectivity index (χ4v) is 3.19. The molecule has 3 rings (SSSR count). The molecule has 0 aromatic heterocycles. The van der Waals surface area contributed by atoms with Crippen LogP contribution in [0.2, 0.25) is 0 Å². The van der Waals surface area contributed by atoms with Gasteiger partial charge in [-0.25, -0.2) is 0 Å². The van der Waals surface area contributed by atoms with E-state index >= 15 is 0 Å². The van der Waals surface area contributed by atoms with Gasteiger partial charge >= 0.3 is 0 Å². The molecule has 0 bridgehead atoms. The molecule has 0 saturated carbocycles. The lowest BCUT2D eigenvalue weighted by molar-refractivity contribution is -0.116. The number of nitrogens with zero attached hydrogens (tertiary/aromatic N) is 1. The van der Waals surface area contributed by atoms with Crippen LogP contribution in [0.25, 0.3) is 0 Å². The molecule has 0 atom stereocenters. The first-order valence-corrected chi connectivity index (χ1v) is 10.7. The van der Waals surface area contributed by atoms with Crippen LogP contribution in [0.4, 0.5) is 22.7 Å². The van der Waals surface area contributed by atoms with Gasteiger partial charge in [0.2, 0.25) is 11.8 Å². The van der Waals surface area contributed by atoms with Gasteiger partial charge in [0.05, 0.1) is 6.54 Å². The van der Waals surface area contributed by atoms with E-state index in [1.165, 1.54) is 0 Å². The Morgan fingerprint density at radius 2 is 1.58 bits per heavy atom. The molecule has 0 fully saturated rings. The highest BCUT2D eigenvalue weighted by atomic mass is 16.2. The number of hydrogen-bond donors (Lipinski definition) is 3. The lowest BCUT2D eigenvalue weighted by Gasteiger charge is -2.18. The second-order valence-electron chi connectivity index (χ2n) is 7.61. The molecule has 7 heteroatoms. The number of amides is 3. The molecule has 0 aliphatic heterocycles. The molecule has 0 unspecified atom stereocenters. The maximum atomic E-state index is 12.8. The van der Waals surface area contributed by atoms with E-state index < -0.39 is 0 Å². The maximum Gasteiger partial charge on any atom is 0.258 e. The third-order valence-corrected chi connectivity index (χ3v) is 5.13. The lowest BCUT2D eigenvalue weighted by atomic mass is 10.1. The maximum absolute atomic E-state index is 12.8. The van der Waals surface area contributed by atoms with Crippen LogP contribution in [-0.2, 0) is 9.59 Å². The number of rotatable bonds is 8. The Labute approximate surface area is 193 Å². The Kier molecular flexibility index (Phi) is 7.81. The molecule has 0 radical (unpaired) electrons. The zero-order valence-corrected chi connectivity index (χ0v) is 19.0. The highest BCUT2D eigenvalue weighted by molar-refractivity contribution is 6.06. The highest BCUT2D eigenvalue weighted by Gasteiger charge is 2.14. The largest absolute Gasteiger partial charge is 0.376 e. The fourth-order valence-electron chi connectivity index (χ4n) is 3.19. The number of para-hydroxylation sites is 1. The highest BCUT2D eigenvalue weighted by Crippen LogP contribution is 2.21. The van der Waals surface area contributed by atoms with Gasteiger partial charge in [-0.1, -0.05) is 37.3 Å². The van der Waals surface area contributed by atoms with Gasteiger partial charge in [-0.3, -0.25) is 14.4 Å². The third kappa shape index (κ3) is 6.43. The smallest absolute Gasteiger partial charge is 0.258 e. The first-order valence-electron chi connectivity index (χ1n) is 10.7. The summed E-state index contributed by atoms with van der Waals surface area (Å²) in [7, 11) is 1.71. The first-order chi connectivity index (χ1) is 15.9. The minimum atomic E-state index is -0.254. The summed E-state index contributed by atoms with van der Waals surface area (Å²) in [6.07, 6.45) is 0.391. The van der Waals surface area contributed by atoms with Crippen LogP contribution in [0, 0.1) is 6.92 Å². The van der Waals surface area contributed by atoms with E-state index in [1.807, 2.05) is 49.4 Å². The monoisotopic (exact) mass is 444 g/mol. The number of aryl methyl sites for hydroxylation is 1. The molecule has 170 valence electrons. The van der Waals surface area contributed by atoms with Gasteiger partial charge in [0.15, 0.2) is 0 Å². The summed E-state index contributed by atoms with van der Waals surface area (Å²) in [4.78, 5) is 38.5. The number of nitrogens with one attached hydrogen (secondary N) is 3. The molecule has 0 saturated heterocycles. The Balaban J connectivity index is 1.61. The summed E-state index contributed by atoms with van der Waals surface area (Å²) in [5.41, 5.74) is 4.16. The van der Waals surface area contributed by atoms with Crippen LogP contribution in [-0.4, -0.2) is 31.3 Å². The first kappa shape index (κ1) is 23.5. The second-order valence-corrected chi connectivity index (χ2v) is 7.61. The molecule has 33 heavy (non-hydrogen) atoms. The molecule has 0 spiro atoms. The number of anilines is 4. The van der Waals surface area contributed by atoms with Crippen molar-refractivity contribution in [2.45, 2.75) is 20.3 Å². The minimum Gasteiger partial charge on any atom is -0.376 e. The number of benzene rings is 3. The van der Waals surface area contributed by atoms with Crippen molar-refractivity contribution in [2.75, 3.05) is 34.4 Å². The molecule has 3 aromatic rings. The third-order valence-electron chi connectivity index (χ3n) is 5.13. The Hall–Kier alpha value is -4.13. The van der Waals surface area contributed by atoms with E-state index in [-0.39, 0.29) is 24.3 Å². The van der Waals surface area contributed by atoms with Crippen molar-refractivity contribution in [3.05, 3.63) is 83.9 Å². The van der Waals surface area contributed by atoms with Crippen LogP contribution >= 0.6 is 0 Å². The zero-order valence-electron chi connectivity index (χ0n) is 19.0. The fraction of sp³-hybridized carbons (Fsp3) is 0.192. The van der Waals surface area contributed by atoms with Crippen LogP contribution in [0.3, 0.4) is 0 Å². The Morgan fingerprint density at radius 3 is 2.30 bits per heavy atom. The molecule has 7 nitrogen and oxygen atoms in total. The van der Waals surface area contributed by atoms with Crippen molar-refractivity contribution >= 4 is 40.5 Å². The summed E-state index contributed by atoms with van der Waals surface area (Å²) in [5.74, 6) is -0.493. The Morgan fingerprint density at radius 1 is 0.818 bits per heavy atom. The van der Waals surface area contributed by atoms with E-state index in [0.717, 1.165) is 16.9 Å². The number of hydrogen-bond acceptors (Lipinski definition) is 4.